The lowest BCUT2D eigenvalue weighted by Gasteiger charge is -2.17. The minimum absolute atomic E-state index is 0.0853. The minimum atomic E-state index is -1.18. The Labute approximate surface area is 128 Å². The van der Waals surface area contributed by atoms with E-state index in [1.54, 1.807) is 0 Å². The highest BCUT2D eigenvalue weighted by Crippen LogP contribution is 2.20. The Balaban J connectivity index is 2.14. The summed E-state index contributed by atoms with van der Waals surface area (Å²) in [5.41, 5.74) is 3.21. The van der Waals surface area contributed by atoms with E-state index < -0.39 is 11.9 Å². The summed E-state index contributed by atoms with van der Waals surface area (Å²) in [5.74, 6) is -1.57. The van der Waals surface area contributed by atoms with Crippen LogP contribution in [0.2, 0.25) is 0 Å². The largest absolute Gasteiger partial charge is 0.476 e. The van der Waals surface area contributed by atoms with Crippen molar-refractivity contribution in [3.63, 3.8) is 0 Å². The molecule has 2 aromatic rings. The van der Waals surface area contributed by atoms with Crippen molar-refractivity contribution in [3.8, 4) is 0 Å². The number of nitrogens with zero attached hydrogens (tertiary/aromatic N) is 2. The maximum absolute atomic E-state index is 12.1. The Morgan fingerprint density at radius 2 is 1.77 bits per heavy atom. The smallest absolute Gasteiger partial charge is 0.356 e. The van der Waals surface area contributed by atoms with Gasteiger partial charge in [-0.2, -0.15) is 0 Å². The number of aromatic nitrogens is 2. The molecule has 0 aliphatic heterocycles. The van der Waals surface area contributed by atoms with Crippen molar-refractivity contribution in [2.24, 2.45) is 0 Å². The molecule has 1 atom stereocenters. The molecule has 114 valence electrons. The van der Waals surface area contributed by atoms with Crippen molar-refractivity contribution in [1.82, 2.24) is 15.3 Å². The quantitative estimate of drug-likeness (QED) is 0.903. The van der Waals surface area contributed by atoms with Crippen molar-refractivity contribution in [2.75, 3.05) is 0 Å². The summed E-state index contributed by atoms with van der Waals surface area (Å²) in [6.45, 7) is 5.91. The molecule has 6 heteroatoms. The van der Waals surface area contributed by atoms with Gasteiger partial charge in [-0.3, -0.25) is 4.79 Å². The van der Waals surface area contributed by atoms with Crippen LogP contribution in [0.3, 0.4) is 0 Å². The molecule has 0 fully saturated rings. The van der Waals surface area contributed by atoms with Gasteiger partial charge >= 0.3 is 5.97 Å². The molecule has 0 spiro atoms. The normalized spacial score (nSPS) is 11.8. The fourth-order valence-electron chi connectivity index (χ4n) is 2.15. The predicted octanol–water partition coefficient (Wildman–Crippen LogP) is 2.28. The average molecular weight is 299 g/mol. The van der Waals surface area contributed by atoms with Gasteiger partial charge in [0.2, 0.25) is 0 Å². The standard InChI is InChI=1S/C16H17N3O3/c1-9-5-4-6-12(10(9)2)11(3)19-15(20)13-7-18-14(8-17-13)16(21)22/h4-8,11H,1-3H3,(H,19,20)(H,21,22). The Hall–Kier alpha value is -2.76. The molecule has 1 aromatic carbocycles. The molecule has 0 saturated carbocycles. The Bertz CT molecular complexity index is 711. The van der Waals surface area contributed by atoms with Crippen LogP contribution in [0, 0.1) is 13.8 Å². The Morgan fingerprint density at radius 1 is 1.14 bits per heavy atom. The lowest BCUT2D eigenvalue weighted by molar-refractivity contribution is 0.0689. The van der Waals surface area contributed by atoms with E-state index in [2.05, 4.69) is 15.3 Å². The molecular weight excluding hydrogens is 282 g/mol. The summed E-state index contributed by atoms with van der Waals surface area (Å²) in [4.78, 5) is 30.4. The van der Waals surface area contributed by atoms with Crippen LogP contribution in [-0.4, -0.2) is 27.0 Å². The topological polar surface area (TPSA) is 92.2 Å². The van der Waals surface area contributed by atoms with Gasteiger partial charge in [-0.05, 0) is 37.5 Å². The van der Waals surface area contributed by atoms with Gasteiger partial charge < -0.3 is 10.4 Å². The number of nitrogens with one attached hydrogen (secondary N) is 1. The third-order valence-corrected chi connectivity index (χ3v) is 3.56. The highest BCUT2D eigenvalue weighted by molar-refractivity contribution is 5.93. The van der Waals surface area contributed by atoms with Gasteiger partial charge in [-0.1, -0.05) is 18.2 Å². The second-order valence-corrected chi connectivity index (χ2v) is 5.08. The van der Waals surface area contributed by atoms with Crippen LogP contribution in [0.4, 0.5) is 0 Å². The van der Waals surface area contributed by atoms with Gasteiger partial charge in [0.15, 0.2) is 5.69 Å². The molecule has 0 radical (unpaired) electrons. The van der Waals surface area contributed by atoms with Crippen molar-refractivity contribution in [1.29, 1.82) is 0 Å². The summed E-state index contributed by atoms with van der Waals surface area (Å²) in [6.07, 6.45) is 2.23. The first kappa shape index (κ1) is 15.6. The number of amides is 1. The van der Waals surface area contributed by atoms with Gasteiger partial charge in [0.05, 0.1) is 18.4 Å². The number of carboxylic acids is 1. The predicted molar refractivity (Wildman–Crippen MR) is 80.8 cm³/mol. The van der Waals surface area contributed by atoms with Gasteiger partial charge in [0.1, 0.15) is 5.69 Å². The lowest BCUT2D eigenvalue weighted by atomic mass is 9.98. The molecule has 6 nitrogen and oxygen atoms in total. The number of hydrogen-bond donors (Lipinski definition) is 2. The number of aromatic carboxylic acids is 1. The van der Waals surface area contributed by atoms with Crippen molar-refractivity contribution < 1.29 is 14.7 Å². The summed E-state index contributed by atoms with van der Waals surface area (Å²) in [7, 11) is 0. The van der Waals surface area contributed by atoms with Crippen LogP contribution in [0.1, 0.15) is 50.6 Å². The zero-order valence-electron chi connectivity index (χ0n) is 12.6. The Morgan fingerprint density at radius 3 is 2.36 bits per heavy atom. The Kier molecular flexibility index (Phi) is 4.50. The van der Waals surface area contributed by atoms with E-state index in [0.29, 0.717) is 0 Å². The van der Waals surface area contributed by atoms with E-state index in [-0.39, 0.29) is 17.4 Å². The van der Waals surface area contributed by atoms with E-state index in [4.69, 9.17) is 5.11 Å². The second-order valence-electron chi connectivity index (χ2n) is 5.08. The second kappa shape index (κ2) is 6.34. The summed E-state index contributed by atoms with van der Waals surface area (Å²) in [6, 6.07) is 5.74. The van der Waals surface area contributed by atoms with E-state index in [1.807, 2.05) is 39.0 Å². The summed E-state index contributed by atoms with van der Waals surface area (Å²) >= 11 is 0. The molecule has 0 aliphatic rings. The summed E-state index contributed by atoms with van der Waals surface area (Å²) in [5, 5.41) is 11.6. The molecule has 1 unspecified atom stereocenters. The summed E-state index contributed by atoms with van der Waals surface area (Å²) < 4.78 is 0. The first-order valence-electron chi connectivity index (χ1n) is 6.82. The van der Waals surface area contributed by atoms with Crippen LogP contribution >= 0.6 is 0 Å². The van der Waals surface area contributed by atoms with Gasteiger partial charge in [-0.15, -0.1) is 0 Å². The van der Waals surface area contributed by atoms with Crippen molar-refractivity contribution in [3.05, 3.63) is 58.7 Å². The fourth-order valence-corrected chi connectivity index (χ4v) is 2.15. The first-order chi connectivity index (χ1) is 10.4. The van der Waals surface area contributed by atoms with Crippen LogP contribution in [0.5, 0.6) is 0 Å². The number of carboxylic acid groups (broad SMARTS) is 1. The minimum Gasteiger partial charge on any atom is -0.476 e. The van der Waals surface area contributed by atoms with Crippen LogP contribution in [0.15, 0.2) is 30.6 Å². The first-order valence-corrected chi connectivity index (χ1v) is 6.82. The van der Waals surface area contributed by atoms with E-state index in [1.165, 1.54) is 0 Å². The molecule has 0 aliphatic carbocycles. The molecule has 22 heavy (non-hydrogen) atoms. The highest BCUT2D eigenvalue weighted by Gasteiger charge is 2.15. The van der Waals surface area contributed by atoms with Crippen molar-refractivity contribution in [2.45, 2.75) is 26.8 Å². The van der Waals surface area contributed by atoms with E-state index in [9.17, 15) is 9.59 Å². The lowest BCUT2D eigenvalue weighted by Crippen LogP contribution is -2.28. The third kappa shape index (κ3) is 3.28. The van der Waals surface area contributed by atoms with Gasteiger partial charge in [0.25, 0.3) is 5.91 Å². The number of benzene rings is 1. The molecule has 1 aromatic heterocycles. The zero-order chi connectivity index (χ0) is 16.3. The SMILES string of the molecule is Cc1cccc(C(C)NC(=O)c2cnc(C(=O)O)cn2)c1C. The molecule has 2 rings (SSSR count). The molecule has 1 heterocycles. The van der Waals surface area contributed by atoms with Gasteiger partial charge in [-0.25, -0.2) is 14.8 Å². The van der Waals surface area contributed by atoms with Crippen LogP contribution in [-0.2, 0) is 0 Å². The van der Waals surface area contributed by atoms with E-state index in [0.717, 1.165) is 29.1 Å². The zero-order valence-corrected chi connectivity index (χ0v) is 12.6. The van der Waals surface area contributed by atoms with Crippen LogP contribution in [0.25, 0.3) is 0 Å². The number of carbonyl (C=O) groups excluding carboxylic acids is 1. The third-order valence-electron chi connectivity index (χ3n) is 3.56. The highest BCUT2D eigenvalue weighted by atomic mass is 16.4. The van der Waals surface area contributed by atoms with Crippen molar-refractivity contribution >= 4 is 11.9 Å². The number of aryl methyl sites for hydroxylation is 1. The average Bonchev–Trinajstić information content (AvgIpc) is 2.50. The molecule has 0 saturated heterocycles. The number of hydrogen-bond acceptors (Lipinski definition) is 4. The van der Waals surface area contributed by atoms with Crippen LogP contribution < -0.4 is 5.32 Å². The monoisotopic (exact) mass is 299 g/mol. The maximum Gasteiger partial charge on any atom is 0.356 e. The fraction of sp³-hybridized carbons (Fsp3) is 0.250. The van der Waals surface area contributed by atoms with E-state index >= 15 is 0 Å². The molecule has 2 N–H and O–H groups in total. The molecular formula is C16H17N3O3. The molecule has 1 amide bonds. The van der Waals surface area contributed by atoms with Gasteiger partial charge in [0, 0.05) is 0 Å². The number of carbonyl (C=O) groups is 2. The number of rotatable bonds is 4. The molecule has 0 bridgehead atoms. The maximum atomic E-state index is 12.1.